The van der Waals surface area contributed by atoms with E-state index in [0.717, 1.165) is 16.6 Å². The molecule has 4 aromatic rings. The number of carbonyl (C=O) groups is 1. The molecule has 39 heavy (non-hydrogen) atoms. The molecule has 0 saturated heterocycles. The summed E-state index contributed by atoms with van der Waals surface area (Å²) >= 11 is 1.23. The Labute approximate surface area is 227 Å². The highest BCUT2D eigenvalue weighted by Gasteiger charge is 2.35. The van der Waals surface area contributed by atoms with E-state index in [1.165, 1.54) is 23.0 Å². The van der Waals surface area contributed by atoms with Crippen LogP contribution in [0, 0.1) is 0 Å². The van der Waals surface area contributed by atoms with Gasteiger partial charge in [-0.1, -0.05) is 35.6 Å². The number of ether oxygens (including phenoxy) is 3. The van der Waals surface area contributed by atoms with Gasteiger partial charge >= 0.3 is 11.7 Å². The van der Waals surface area contributed by atoms with Crippen LogP contribution in [0.5, 0.6) is 5.75 Å². The third kappa shape index (κ3) is 4.53. The van der Waals surface area contributed by atoms with E-state index in [9.17, 15) is 14.4 Å². The molecule has 0 radical (unpaired) electrons. The van der Waals surface area contributed by atoms with Crippen LogP contribution >= 0.6 is 11.3 Å². The maximum Gasteiger partial charge on any atom is 0.338 e. The fraction of sp³-hybridized carbons (Fsp3) is 0.286. The van der Waals surface area contributed by atoms with E-state index in [1.807, 2.05) is 36.4 Å². The predicted octanol–water partition coefficient (Wildman–Crippen LogP) is 1.62. The zero-order valence-corrected chi connectivity index (χ0v) is 23.1. The highest BCUT2D eigenvalue weighted by molar-refractivity contribution is 7.07. The zero-order chi connectivity index (χ0) is 27.8. The Bertz CT molecular complexity index is 1870. The van der Waals surface area contributed by atoms with Crippen molar-refractivity contribution in [1.29, 1.82) is 0 Å². The van der Waals surface area contributed by atoms with Gasteiger partial charge in [-0.2, -0.15) is 0 Å². The number of benzene rings is 2. The van der Waals surface area contributed by atoms with Crippen molar-refractivity contribution in [1.82, 2.24) is 13.7 Å². The second kappa shape index (κ2) is 10.5. The fourth-order valence-corrected chi connectivity index (χ4v) is 5.88. The molecule has 2 aromatic carbocycles. The summed E-state index contributed by atoms with van der Waals surface area (Å²) in [6.07, 6.45) is 1.77. The summed E-state index contributed by atoms with van der Waals surface area (Å²) in [6.45, 7) is 2.05. The van der Waals surface area contributed by atoms with Gasteiger partial charge in [-0.05, 0) is 36.8 Å². The summed E-state index contributed by atoms with van der Waals surface area (Å²) in [5.41, 5.74) is 3.25. The van der Waals surface area contributed by atoms with Gasteiger partial charge in [0, 0.05) is 26.8 Å². The van der Waals surface area contributed by atoms with Gasteiger partial charge < -0.3 is 14.2 Å². The van der Waals surface area contributed by atoms with E-state index in [1.54, 1.807) is 49.4 Å². The van der Waals surface area contributed by atoms with Crippen molar-refractivity contribution in [2.75, 3.05) is 27.4 Å². The van der Waals surface area contributed by atoms with E-state index >= 15 is 0 Å². The first-order valence-electron chi connectivity index (χ1n) is 12.2. The number of imidazole rings is 1. The van der Waals surface area contributed by atoms with Gasteiger partial charge in [0.05, 0.1) is 40.6 Å². The van der Waals surface area contributed by atoms with Crippen LogP contribution in [0.15, 0.2) is 68.3 Å². The smallest absolute Gasteiger partial charge is 0.338 e. The maximum absolute atomic E-state index is 13.9. The number of nitrogens with zero attached hydrogens (tertiary/aromatic N) is 4. The quantitative estimate of drug-likeness (QED) is 0.257. The van der Waals surface area contributed by atoms with Crippen LogP contribution in [0.2, 0.25) is 0 Å². The minimum Gasteiger partial charge on any atom is -0.496 e. The molecule has 11 heteroatoms. The second-order valence-corrected chi connectivity index (χ2v) is 10.1. The van der Waals surface area contributed by atoms with E-state index in [-0.39, 0.29) is 30.0 Å². The van der Waals surface area contributed by atoms with Crippen LogP contribution in [0.4, 0.5) is 0 Å². The Morgan fingerprint density at radius 2 is 1.79 bits per heavy atom. The standard InChI is InChI=1S/C28H28N4O6S/c1-16-23(26(34)38-13-12-36-4)24(18-8-6-7-9-21(18)37-5)32-25(33)22(39-27(32)29-16)15-17-10-11-19-20(14-17)31(3)28(35)30(19)2/h6-11,14-15,24H,12-13H2,1-5H3. The van der Waals surface area contributed by atoms with E-state index in [0.29, 0.717) is 26.3 Å². The van der Waals surface area contributed by atoms with E-state index < -0.39 is 12.0 Å². The normalized spacial score (nSPS) is 15.4. The molecular weight excluding hydrogens is 520 g/mol. The lowest BCUT2D eigenvalue weighted by Crippen LogP contribution is -2.40. The van der Waals surface area contributed by atoms with Gasteiger partial charge in [-0.15, -0.1) is 0 Å². The molecule has 0 bridgehead atoms. The monoisotopic (exact) mass is 548 g/mol. The van der Waals surface area contributed by atoms with Gasteiger partial charge in [0.1, 0.15) is 18.4 Å². The molecule has 3 heterocycles. The van der Waals surface area contributed by atoms with Gasteiger partial charge in [-0.25, -0.2) is 14.6 Å². The zero-order valence-electron chi connectivity index (χ0n) is 22.3. The number of para-hydroxylation sites is 1. The molecule has 1 aliphatic heterocycles. The lowest BCUT2D eigenvalue weighted by Gasteiger charge is -2.26. The summed E-state index contributed by atoms with van der Waals surface area (Å²) in [5, 5.41) is 0. The molecule has 1 unspecified atom stereocenters. The van der Waals surface area contributed by atoms with E-state index in [4.69, 9.17) is 14.2 Å². The number of aromatic nitrogens is 3. The van der Waals surface area contributed by atoms with Gasteiger partial charge in [0.2, 0.25) is 0 Å². The Balaban J connectivity index is 1.70. The highest BCUT2D eigenvalue weighted by atomic mass is 32.1. The average molecular weight is 549 g/mol. The third-order valence-corrected chi connectivity index (χ3v) is 7.77. The summed E-state index contributed by atoms with van der Waals surface area (Å²) in [5.74, 6) is -0.0432. The topological polar surface area (TPSA) is 106 Å². The van der Waals surface area contributed by atoms with Crippen molar-refractivity contribution in [3.63, 3.8) is 0 Å². The number of hydrogen-bond donors (Lipinski definition) is 0. The largest absolute Gasteiger partial charge is 0.496 e. The van der Waals surface area contributed by atoms with Gasteiger partial charge in [0.25, 0.3) is 5.56 Å². The molecule has 0 fully saturated rings. The predicted molar refractivity (Wildman–Crippen MR) is 148 cm³/mol. The summed E-state index contributed by atoms with van der Waals surface area (Å²) < 4.78 is 21.2. The molecule has 0 saturated carbocycles. The van der Waals surface area contributed by atoms with Crippen LogP contribution < -0.4 is 25.3 Å². The molecule has 1 atom stereocenters. The SMILES string of the molecule is COCCOC(=O)C1=C(C)N=c2sc(=Cc3ccc4c(c3)n(C)c(=O)n4C)c(=O)n2C1c1ccccc1OC. The first kappa shape index (κ1) is 26.4. The van der Waals surface area contributed by atoms with Gasteiger partial charge in [0.15, 0.2) is 4.80 Å². The third-order valence-electron chi connectivity index (χ3n) is 6.79. The van der Waals surface area contributed by atoms with Crippen LogP contribution in [-0.2, 0) is 28.4 Å². The molecule has 202 valence electrons. The maximum atomic E-state index is 13.9. The number of allylic oxidation sites excluding steroid dienone is 1. The number of esters is 1. The highest BCUT2D eigenvalue weighted by Crippen LogP contribution is 2.35. The van der Waals surface area contributed by atoms with Crippen LogP contribution in [0.1, 0.15) is 24.1 Å². The molecule has 0 amide bonds. The number of methoxy groups -OCH3 is 2. The van der Waals surface area contributed by atoms with Crippen molar-refractivity contribution in [2.24, 2.45) is 19.1 Å². The molecule has 0 spiro atoms. The molecule has 2 aromatic heterocycles. The molecule has 5 rings (SSSR count). The first-order valence-corrected chi connectivity index (χ1v) is 13.1. The van der Waals surface area contributed by atoms with Crippen molar-refractivity contribution in [3.8, 4) is 5.75 Å². The summed E-state index contributed by atoms with van der Waals surface area (Å²) in [7, 11) is 6.51. The molecule has 1 aliphatic rings. The molecule has 0 aliphatic carbocycles. The lowest BCUT2D eigenvalue weighted by atomic mass is 9.95. The number of thiazole rings is 1. The number of carbonyl (C=O) groups excluding carboxylic acids is 1. The Morgan fingerprint density at radius 3 is 2.54 bits per heavy atom. The fourth-order valence-electron chi connectivity index (χ4n) is 4.83. The minimum absolute atomic E-state index is 0.0691. The molecule has 0 N–H and O–H groups in total. The first-order chi connectivity index (χ1) is 18.8. The average Bonchev–Trinajstić information content (AvgIpc) is 3.35. The number of fused-ring (bicyclic) bond motifs is 2. The van der Waals surface area contributed by atoms with Crippen molar-refractivity contribution in [2.45, 2.75) is 13.0 Å². The molecular formula is C28H28N4O6S. The van der Waals surface area contributed by atoms with Crippen molar-refractivity contribution in [3.05, 3.63) is 95.0 Å². The number of aryl methyl sites for hydroxylation is 2. The number of rotatable bonds is 7. The van der Waals surface area contributed by atoms with Crippen molar-refractivity contribution >= 4 is 34.4 Å². The Hall–Kier alpha value is -4.22. The minimum atomic E-state index is -0.799. The van der Waals surface area contributed by atoms with Gasteiger partial charge in [-0.3, -0.25) is 18.5 Å². The van der Waals surface area contributed by atoms with Crippen LogP contribution in [0.25, 0.3) is 17.1 Å². The summed E-state index contributed by atoms with van der Waals surface area (Å²) in [6, 6.07) is 12.1. The molecule has 10 nitrogen and oxygen atoms in total. The summed E-state index contributed by atoms with van der Waals surface area (Å²) in [4.78, 5) is 44.6. The number of hydrogen-bond acceptors (Lipinski definition) is 8. The Kier molecular flexibility index (Phi) is 7.11. The van der Waals surface area contributed by atoms with Crippen molar-refractivity contribution < 1.29 is 19.0 Å². The lowest BCUT2D eigenvalue weighted by molar-refractivity contribution is -0.140. The van der Waals surface area contributed by atoms with Crippen LogP contribution in [0.3, 0.4) is 0 Å². The van der Waals surface area contributed by atoms with E-state index in [2.05, 4.69) is 4.99 Å². The second-order valence-electron chi connectivity index (χ2n) is 9.10. The van der Waals surface area contributed by atoms with Crippen LogP contribution in [-0.4, -0.2) is 47.1 Å². The Morgan fingerprint density at radius 1 is 1.05 bits per heavy atom.